The van der Waals surface area contributed by atoms with Gasteiger partial charge in [-0.2, -0.15) is 0 Å². The van der Waals surface area contributed by atoms with E-state index in [0.717, 1.165) is 73.0 Å². The first-order valence-electron chi connectivity index (χ1n) is 21.3. The maximum absolute atomic E-state index is 5.28. The number of aromatic nitrogens is 7. The normalized spacial score (nSPS) is 12.7. The number of nitrogens with zero attached hydrogens (tertiary/aromatic N) is 7. The predicted octanol–water partition coefficient (Wildman–Crippen LogP) is 13.1. The van der Waals surface area contributed by atoms with Gasteiger partial charge in [0.2, 0.25) is 0 Å². The zero-order valence-corrected chi connectivity index (χ0v) is 34.7. The molecule has 0 unspecified atom stereocenters. The molecule has 6 aromatic carbocycles. The van der Waals surface area contributed by atoms with Gasteiger partial charge >= 0.3 is 0 Å². The molecule has 11 aromatic rings. The lowest BCUT2D eigenvalue weighted by atomic mass is 9.82. The maximum atomic E-state index is 5.28. The van der Waals surface area contributed by atoms with E-state index < -0.39 is 0 Å². The Morgan fingerprint density at radius 3 is 1.30 bits per heavy atom. The highest BCUT2D eigenvalue weighted by molar-refractivity contribution is 5.87. The molecular formula is C56H39N7. The summed E-state index contributed by atoms with van der Waals surface area (Å²) in [5.74, 6) is 1.76. The summed E-state index contributed by atoms with van der Waals surface area (Å²) in [6, 6.07) is 65.3. The van der Waals surface area contributed by atoms with Gasteiger partial charge in [-0.15, -0.1) is 0 Å². The largest absolute Gasteiger partial charge is 0.299 e. The monoisotopic (exact) mass is 809 g/mol. The molecule has 0 radical (unpaired) electrons. The van der Waals surface area contributed by atoms with Crippen LogP contribution in [0.25, 0.3) is 102 Å². The zero-order chi connectivity index (χ0) is 42.1. The van der Waals surface area contributed by atoms with Gasteiger partial charge in [0.15, 0.2) is 17.5 Å². The van der Waals surface area contributed by atoms with E-state index >= 15 is 0 Å². The lowest BCUT2D eigenvalue weighted by Gasteiger charge is -2.21. The highest BCUT2D eigenvalue weighted by Gasteiger charge is 2.35. The van der Waals surface area contributed by atoms with Crippen molar-refractivity contribution in [1.82, 2.24) is 33.7 Å². The summed E-state index contributed by atoms with van der Waals surface area (Å²) in [5, 5.41) is 0. The Bertz CT molecular complexity index is 3370. The van der Waals surface area contributed by atoms with Crippen molar-refractivity contribution in [2.45, 2.75) is 19.3 Å². The lowest BCUT2D eigenvalue weighted by molar-refractivity contribution is 0.660. The summed E-state index contributed by atoms with van der Waals surface area (Å²) in [6.07, 6.45) is 4.14. The molecule has 7 nitrogen and oxygen atoms in total. The summed E-state index contributed by atoms with van der Waals surface area (Å²) < 4.78 is 4.31. The van der Waals surface area contributed by atoms with Crippen molar-refractivity contribution in [3.05, 3.63) is 212 Å². The number of hydrogen-bond acceptors (Lipinski definition) is 5. The van der Waals surface area contributed by atoms with Crippen molar-refractivity contribution < 1.29 is 0 Å². The summed E-state index contributed by atoms with van der Waals surface area (Å²) in [4.78, 5) is 26.2. The van der Waals surface area contributed by atoms with E-state index in [1.807, 2.05) is 48.5 Å². The third-order valence-electron chi connectivity index (χ3n) is 12.4. The van der Waals surface area contributed by atoms with Crippen molar-refractivity contribution in [3.63, 3.8) is 0 Å². The molecule has 0 aliphatic heterocycles. The average Bonchev–Trinajstić information content (AvgIpc) is 4.00. The fourth-order valence-corrected chi connectivity index (χ4v) is 9.36. The summed E-state index contributed by atoms with van der Waals surface area (Å²) in [7, 11) is 0. The third kappa shape index (κ3) is 6.08. The molecule has 1 aliphatic carbocycles. The summed E-state index contributed by atoms with van der Waals surface area (Å²) >= 11 is 0. The summed E-state index contributed by atoms with van der Waals surface area (Å²) in [5.41, 5.74) is 17.3. The first-order chi connectivity index (χ1) is 31.0. The molecule has 0 amide bonds. The van der Waals surface area contributed by atoms with Gasteiger partial charge in [-0.05, 0) is 64.7 Å². The van der Waals surface area contributed by atoms with Gasteiger partial charge in [-0.1, -0.05) is 159 Å². The van der Waals surface area contributed by atoms with Crippen LogP contribution >= 0.6 is 0 Å². The Labute approximate surface area is 364 Å². The minimum Gasteiger partial charge on any atom is -0.299 e. The topological polar surface area (TPSA) is 73.3 Å². The van der Waals surface area contributed by atoms with Crippen LogP contribution in [0.4, 0.5) is 0 Å². The number of rotatable bonds is 7. The molecule has 63 heavy (non-hydrogen) atoms. The number of pyridine rings is 2. The zero-order valence-electron chi connectivity index (χ0n) is 34.7. The van der Waals surface area contributed by atoms with Gasteiger partial charge in [0.25, 0.3) is 0 Å². The second-order valence-electron chi connectivity index (χ2n) is 16.6. The molecule has 5 aromatic heterocycles. The Kier molecular flexibility index (Phi) is 8.37. The minimum atomic E-state index is -0.182. The van der Waals surface area contributed by atoms with Crippen molar-refractivity contribution in [3.8, 4) is 90.3 Å². The van der Waals surface area contributed by atoms with Crippen LogP contribution in [-0.2, 0) is 5.41 Å². The molecule has 0 N–H and O–H groups in total. The van der Waals surface area contributed by atoms with Gasteiger partial charge in [0.05, 0.1) is 22.8 Å². The van der Waals surface area contributed by atoms with E-state index in [2.05, 4.69) is 175 Å². The molecule has 1 aliphatic rings. The highest BCUT2D eigenvalue weighted by atomic mass is 15.0. The molecule has 0 atom stereocenters. The average molecular weight is 810 g/mol. The molecule has 12 rings (SSSR count). The lowest BCUT2D eigenvalue weighted by Crippen LogP contribution is -2.15. The number of imidazole rings is 2. The van der Waals surface area contributed by atoms with Crippen molar-refractivity contribution in [2.24, 2.45) is 0 Å². The van der Waals surface area contributed by atoms with E-state index in [4.69, 9.17) is 24.9 Å². The van der Waals surface area contributed by atoms with E-state index in [1.54, 1.807) is 0 Å². The Balaban J connectivity index is 1.04. The molecule has 0 bridgehead atoms. The van der Waals surface area contributed by atoms with Gasteiger partial charge in [-0.25, -0.2) is 24.9 Å². The molecule has 0 saturated heterocycles. The van der Waals surface area contributed by atoms with Crippen LogP contribution in [0.2, 0.25) is 0 Å². The number of hydrogen-bond donors (Lipinski definition) is 0. The quantitative estimate of drug-likeness (QED) is 0.160. The SMILES string of the molecule is CC1(C)c2ccccc2-c2ccc(-c3nc(-c4cccc(-c5nc6ccccn6c5-c5ccccc5)c4)nc(-c4cccc(-c5nc6ccccn6c5-c5ccccc5)c4)n3)cc21. The van der Waals surface area contributed by atoms with Crippen LogP contribution < -0.4 is 0 Å². The van der Waals surface area contributed by atoms with Crippen molar-refractivity contribution in [1.29, 1.82) is 0 Å². The first kappa shape index (κ1) is 36.6. The van der Waals surface area contributed by atoms with E-state index in [0.29, 0.717) is 17.5 Å². The Morgan fingerprint density at radius 1 is 0.333 bits per heavy atom. The Hall–Kier alpha value is -8.29. The standard InChI is InChI=1S/C56H39N7/c1-56(2)45-26-10-9-25-43(45)44-30-29-42(35-46(44)56)55-60-53(40-23-15-21-38(33-40)49-51(36-17-5-3-6-18-36)62-31-13-11-27-47(62)57-49)59-54(61-55)41-24-16-22-39(34-41)50-52(37-19-7-4-8-20-37)63-32-14-12-28-48(63)58-50/h3-35H,1-2H3. The molecule has 0 saturated carbocycles. The van der Waals surface area contributed by atoms with E-state index in [1.165, 1.54) is 22.3 Å². The molecule has 298 valence electrons. The molecule has 7 heteroatoms. The van der Waals surface area contributed by atoms with Crippen LogP contribution in [0.1, 0.15) is 25.0 Å². The van der Waals surface area contributed by atoms with Crippen molar-refractivity contribution >= 4 is 11.3 Å². The number of benzene rings is 6. The van der Waals surface area contributed by atoms with Gasteiger partial charge < -0.3 is 0 Å². The van der Waals surface area contributed by atoms with Crippen LogP contribution in [-0.4, -0.2) is 33.7 Å². The van der Waals surface area contributed by atoms with E-state index in [9.17, 15) is 0 Å². The molecular weight excluding hydrogens is 771 g/mol. The van der Waals surface area contributed by atoms with Gasteiger partial charge in [-0.3, -0.25) is 8.80 Å². The van der Waals surface area contributed by atoms with E-state index in [-0.39, 0.29) is 5.41 Å². The summed E-state index contributed by atoms with van der Waals surface area (Å²) in [6.45, 7) is 4.60. The van der Waals surface area contributed by atoms with Crippen LogP contribution in [0.3, 0.4) is 0 Å². The first-order valence-corrected chi connectivity index (χ1v) is 21.3. The van der Waals surface area contributed by atoms with Crippen LogP contribution in [0, 0.1) is 0 Å². The molecule has 0 spiro atoms. The minimum absolute atomic E-state index is 0.182. The highest BCUT2D eigenvalue weighted by Crippen LogP contribution is 2.49. The number of fused-ring (bicyclic) bond motifs is 5. The van der Waals surface area contributed by atoms with Gasteiger partial charge in [0, 0.05) is 56.8 Å². The smallest absolute Gasteiger partial charge is 0.164 e. The van der Waals surface area contributed by atoms with Crippen LogP contribution in [0.15, 0.2) is 200 Å². The third-order valence-corrected chi connectivity index (χ3v) is 12.4. The molecule has 5 heterocycles. The van der Waals surface area contributed by atoms with Gasteiger partial charge in [0.1, 0.15) is 11.3 Å². The second kappa shape index (κ2) is 14.4. The molecule has 0 fully saturated rings. The Morgan fingerprint density at radius 2 is 0.762 bits per heavy atom. The fraction of sp³-hybridized carbons (Fsp3) is 0.0536. The second-order valence-corrected chi connectivity index (χ2v) is 16.6. The predicted molar refractivity (Wildman–Crippen MR) is 253 cm³/mol. The van der Waals surface area contributed by atoms with Crippen LogP contribution in [0.5, 0.6) is 0 Å². The maximum Gasteiger partial charge on any atom is 0.164 e. The van der Waals surface area contributed by atoms with Crippen molar-refractivity contribution in [2.75, 3.05) is 0 Å². The fourth-order valence-electron chi connectivity index (χ4n) is 9.36.